The van der Waals surface area contributed by atoms with Crippen molar-refractivity contribution in [3.05, 3.63) is 74.9 Å². The molecule has 1 aliphatic rings. The van der Waals surface area contributed by atoms with Gasteiger partial charge in [0.2, 0.25) is 12.7 Å². The van der Waals surface area contributed by atoms with E-state index in [0.717, 1.165) is 16.0 Å². The lowest BCUT2D eigenvalue weighted by Crippen LogP contribution is -2.45. The van der Waals surface area contributed by atoms with Crippen molar-refractivity contribution in [3.63, 3.8) is 0 Å². The maximum Gasteiger partial charge on any atom is 0.322 e. The lowest BCUT2D eigenvalue weighted by atomic mass is 10.1. The molecule has 1 N–H and O–H groups in total. The van der Waals surface area contributed by atoms with Crippen LogP contribution in [0.3, 0.4) is 0 Å². The van der Waals surface area contributed by atoms with Crippen LogP contribution in [0.1, 0.15) is 29.9 Å². The van der Waals surface area contributed by atoms with Crippen LogP contribution < -0.4 is 14.8 Å². The van der Waals surface area contributed by atoms with Gasteiger partial charge in [-0.1, -0.05) is 37.6 Å². The first kappa shape index (κ1) is 25.9. The molecule has 4 rings (SSSR count). The third kappa shape index (κ3) is 6.71. The Bertz CT molecular complexity index is 1230. The summed E-state index contributed by atoms with van der Waals surface area (Å²) >= 11 is 7.69. The van der Waals surface area contributed by atoms with Gasteiger partial charge in [-0.25, -0.2) is 4.79 Å². The highest BCUT2D eigenvalue weighted by Crippen LogP contribution is 2.33. The van der Waals surface area contributed by atoms with Gasteiger partial charge in [-0.05, 0) is 65.7 Å². The van der Waals surface area contributed by atoms with Crippen LogP contribution in [0.2, 0.25) is 5.02 Å². The van der Waals surface area contributed by atoms with E-state index in [1.807, 2.05) is 50.4 Å². The van der Waals surface area contributed by atoms with Crippen LogP contribution in [0.25, 0.3) is 0 Å². The second-order valence-electron chi connectivity index (χ2n) is 9.18. The summed E-state index contributed by atoms with van der Waals surface area (Å²) in [6.07, 6.45) is 0. The first-order valence-corrected chi connectivity index (χ1v) is 13.0. The fourth-order valence-corrected chi connectivity index (χ4v) is 5.03. The summed E-state index contributed by atoms with van der Waals surface area (Å²) < 4.78 is 10.9. The first-order valence-electron chi connectivity index (χ1n) is 11.8. The number of fused-ring (bicyclic) bond motifs is 1. The van der Waals surface area contributed by atoms with E-state index in [1.165, 1.54) is 0 Å². The predicted octanol–water partition coefficient (Wildman–Crippen LogP) is 6.16. The molecule has 3 aromatic rings. The minimum Gasteiger partial charge on any atom is -0.454 e. The summed E-state index contributed by atoms with van der Waals surface area (Å²) in [7, 11) is 0. The maximum atomic E-state index is 13.7. The second kappa shape index (κ2) is 11.7. The number of benzene rings is 2. The minimum atomic E-state index is -0.338. The molecule has 36 heavy (non-hydrogen) atoms. The minimum absolute atomic E-state index is 0.0421. The van der Waals surface area contributed by atoms with Crippen molar-refractivity contribution in [2.24, 2.45) is 5.92 Å². The molecule has 0 atom stereocenters. The number of anilines is 1. The normalized spacial score (nSPS) is 12.0. The number of urea groups is 1. The first-order chi connectivity index (χ1) is 17.3. The molecule has 7 nitrogen and oxygen atoms in total. The standard InChI is InChI=1S/C27H30ClN3O4S/c1-18(2)13-31(27(33)29-22-6-4-5-21(28)12-22)16-26(32)30(15-25-19(3)9-10-36-25)14-20-7-8-23-24(11-20)35-17-34-23/h4-12,18H,13-17H2,1-3H3,(H,29,33). The Morgan fingerprint density at radius 1 is 1.06 bits per heavy atom. The molecule has 1 aromatic heterocycles. The number of hydrogen-bond donors (Lipinski definition) is 1. The number of rotatable bonds is 9. The fourth-order valence-electron chi connectivity index (χ4n) is 3.92. The lowest BCUT2D eigenvalue weighted by Gasteiger charge is -2.29. The van der Waals surface area contributed by atoms with E-state index in [-0.39, 0.29) is 31.2 Å². The summed E-state index contributed by atoms with van der Waals surface area (Å²) in [5, 5.41) is 5.42. The summed E-state index contributed by atoms with van der Waals surface area (Å²) in [5.41, 5.74) is 2.65. The van der Waals surface area contributed by atoms with Crippen LogP contribution in [-0.4, -0.2) is 41.6 Å². The lowest BCUT2D eigenvalue weighted by molar-refractivity contribution is -0.133. The molecule has 0 saturated heterocycles. The Morgan fingerprint density at radius 3 is 2.58 bits per heavy atom. The molecule has 0 unspecified atom stereocenters. The summed E-state index contributed by atoms with van der Waals surface area (Å²) in [5.74, 6) is 1.42. The van der Waals surface area contributed by atoms with E-state index in [4.69, 9.17) is 21.1 Å². The third-order valence-electron chi connectivity index (χ3n) is 5.74. The molecule has 0 fully saturated rings. The zero-order valence-corrected chi connectivity index (χ0v) is 22.2. The number of thiophene rings is 1. The second-order valence-corrected chi connectivity index (χ2v) is 10.6. The zero-order valence-electron chi connectivity index (χ0n) is 20.6. The van der Waals surface area contributed by atoms with Crippen LogP contribution in [0.4, 0.5) is 10.5 Å². The van der Waals surface area contributed by atoms with E-state index in [1.54, 1.807) is 45.4 Å². The Hall–Kier alpha value is -3.23. The number of nitrogens with one attached hydrogen (secondary N) is 1. The van der Waals surface area contributed by atoms with Gasteiger partial charge >= 0.3 is 6.03 Å². The molecule has 0 bridgehead atoms. The van der Waals surface area contributed by atoms with Crippen molar-refractivity contribution in [2.45, 2.75) is 33.9 Å². The van der Waals surface area contributed by atoms with Crippen molar-refractivity contribution in [2.75, 3.05) is 25.2 Å². The van der Waals surface area contributed by atoms with Gasteiger partial charge in [-0.15, -0.1) is 11.3 Å². The number of hydrogen-bond acceptors (Lipinski definition) is 5. The zero-order chi connectivity index (χ0) is 25.7. The average Bonchev–Trinajstić information content (AvgIpc) is 3.46. The van der Waals surface area contributed by atoms with Gasteiger partial charge in [0.25, 0.3) is 0 Å². The molecule has 0 aliphatic carbocycles. The fraction of sp³-hybridized carbons (Fsp3) is 0.333. The van der Waals surface area contributed by atoms with Gasteiger partial charge in [0.15, 0.2) is 11.5 Å². The quantitative estimate of drug-likeness (QED) is 0.362. The smallest absolute Gasteiger partial charge is 0.322 e. The third-order valence-corrected chi connectivity index (χ3v) is 6.98. The topological polar surface area (TPSA) is 71.1 Å². The van der Waals surface area contributed by atoms with E-state index in [9.17, 15) is 9.59 Å². The highest BCUT2D eigenvalue weighted by Gasteiger charge is 2.24. The van der Waals surface area contributed by atoms with Crippen molar-refractivity contribution < 1.29 is 19.1 Å². The molecule has 190 valence electrons. The number of nitrogens with zero attached hydrogens (tertiary/aromatic N) is 2. The van der Waals surface area contributed by atoms with Crippen LogP contribution in [-0.2, 0) is 17.9 Å². The van der Waals surface area contributed by atoms with Gasteiger partial charge < -0.3 is 24.6 Å². The molecule has 2 heterocycles. The Labute approximate surface area is 220 Å². The van der Waals surface area contributed by atoms with Crippen LogP contribution in [0.5, 0.6) is 11.5 Å². The number of carbonyl (C=O) groups excluding carboxylic acids is 2. The van der Waals surface area contributed by atoms with Gasteiger partial charge in [0.1, 0.15) is 6.54 Å². The molecule has 1 aliphatic heterocycles. The molecule has 3 amide bonds. The molecular weight excluding hydrogens is 498 g/mol. The van der Waals surface area contributed by atoms with E-state index < -0.39 is 0 Å². The molecular formula is C27H30ClN3O4S. The highest BCUT2D eigenvalue weighted by molar-refractivity contribution is 7.10. The van der Waals surface area contributed by atoms with Crippen LogP contribution in [0.15, 0.2) is 53.9 Å². The van der Waals surface area contributed by atoms with Crippen molar-refractivity contribution >= 4 is 40.6 Å². The van der Waals surface area contributed by atoms with Gasteiger partial charge in [-0.3, -0.25) is 4.79 Å². The van der Waals surface area contributed by atoms with Crippen molar-refractivity contribution in [1.29, 1.82) is 0 Å². The van der Waals surface area contributed by atoms with E-state index in [0.29, 0.717) is 41.8 Å². The summed E-state index contributed by atoms with van der Waals surface area (Å²) in [4.78, 5) is 31.3. The SMILES string of the molecule is Cc1ccsc1CN(Cc1ccc2c(c1)OCO2)C(=O)CN(CC(C)C)C(=O)Nc1cccc(Cl)c1. The Morgan fingerprint density at radius 2 is 1.86 bits per heavy atom. The molecule has 2 aromatic carbocycles. The number of aryl methyl sites for hydroxylation is 1. The summed E-state index contributed by atoms with van der Waals surface area (Å²) in [6.45, 7) is 7.52. The number of amides is 3. The molecule has 0 saturated carbocycles. The Kier molecular flexibility index (Phi) is 8.38. The highest BCUT2D eigenvalue weighted by atomic mass is 35.5. The van der Waals surface area contributed by atoms with E-state index in [2.05, 4.69) is 5.32 Å². The molecule has 9 heteroatoms. The van der Waals surface area contributed by atoms with Crippen LogP contribution >= 0.6 is 22.9 Å². The monoisotopic (exact) mass is 527 g/mol. The van der Waals surface area contributed by atoms with Gasteiger partial charge in [0.05, 0.1) is 6.54 Å². The Balaban J connectivity index is 1.53. The van der Waals surface area contributed by atoms with Crippen molar-refractivity contribution in [3.8, 4) is 11.5 Å². The largest absolute Gasteiger partial charge is 0.454 e. The molecule has 0 radical (unpaired) electrons. The van der Waals surface area contributed by atoms with Gasteiger partial charge in [0, 0.05) is 28.7 Å². The number of ether oxygens (including phenoxy) is 2. The average molecular weight is 528 g/mol. The van der Waals surface area contributed by atoms with Crippen molar-refractivity contribution in [1.82, 2.24) is 9.80 Å². The van der Waals surface area contributed by atoms with Gasteiger partial charge in [-0.2, -0.15) is 0 Å². The number of carbonyl (C=O) groups is 2. The summed E-state index contributed by atoms with van der Waals surface area (Å²) in [6, 6.07) is 14.4. The molecule has 0 spiro atoms. The maximum absolute atomic E-state index is 13.7. The van der Waals surface area contributed by atoms with Crippen LogP contribution in [0, 0.1) is 12.8 Å². The van der Waals surface area contributed by atoms with E-state index >= 15 is 0 Å². The number of halogens is 1. The predicted molar refractivity (Wildman–Crippen MR) is 143 cm³/mol.